The van der Waals surface area contributed by atoms with Gasteiger partial charge >= 0.3 is 23.9 Å². The van der Waals surface area contributed by atoms with Crippen LogP contribution in [0.4, 0.5) is 23.5 Å². The third-order valence-corrected chi connectivity index (χ3v) is 7.39. The Kier molecular flexibility index (Phi) is 10.3. The molecule has 0 spiro atoms. The first-order valence-electron chi connectivity index (χ1n) is 12.2. The fourth-order valence-corrected chi connectivity index (χ4v) is 4.79. The number of aliphatic carboxylic acids is 4. The van der Waals surface area contributed by atoms with Crippen LogP contribution < -0.4 is 16.0 Å². The molecule has 0 amide bonds. The van der Waals surface area contributed by atoms with Crippen LogP contribution in [-0.2, 0) is 29.0 Å². The Morgan fingerprint density at radius 2 is 1.07 bits per heavy atom. The number of nitrogens with one attached hydrogen (secondary N) is 3. The van der Waals surface area contributed by atoms with E-state index in [0.717, 1.165) is 0 Å². The van der Waals surface area contributed by atoms with E-state index in [2.05, 4.69) is 30.9 Å². The molecule has 16 nitrogen and oxygen atoms in total. The lowest BCUT2D eigenvalue weighted by Gasteiger charge is -2.17. The SMILES string of the molecule is O=C(O)CC[C@H](Nc1nc(Nc2ccc(S(=O)(=O)c3ccccc3)cc2)nc(N[C@@H](CCC(=O)O)C(=O)O)n1)C(=O)O. The maximum atomic E-state index is 12.9. The summed E-state index contributed by atoms with van der Waals surface area (Å²) in [5, 5.41) is 44.6. The fourth-order valence-electron chi connectivity index (χ4n) is 3.51. The van der Waals surface area contributed by atoms with Gasteiger partial charge in [-0.3, -0.25) is 9.59 Å². The van der Waals surface area contributed by atoms with Crippen LogP contribution >= 0.6 is 0 Å². The number of aromatic nitrogens is 3. The molecule has 0 saturated carbocycles. The maximum Gasteiger partial charge on any atom is 0.326 e. The third-order valence-electron chi connectivity index (χ3n) is 5.61. The highest BCUT2D eigenvalue weighted by atomic mass is 32.2. The number of hydrogen-bond acceptors (Lipinski definition) is 12. The molecule has 0 aliphatic rings. The van der Waals surface area contributed by atoms with Gasteiger partial charge in [0, 0.05) is 18.5 Å². The van der Waals surface area contributed by atoms with Gasteiger partial charge in [0.05, 0.1) is 9.79 Å². The fraction of sp³-hybridized carbons (Fsp3) is 0.240. The largest absolute Gasteiger partial charge is 0.481 e. The van der Waals surface area contributed by atoms with E-state index >= 15 is 0 Å². The molecular weight excluding hydrogens is 576 g/mol. The lowest BCUT2D eigenvalue weighted by Crippen LogP contribution is -2.33. The average Bonchev–Trinajstić information content (AvgIpc) is 2.93. The first kappa shape index (κ1) is 31.2. The quantitative estimate of drug-likeness (QED) is 0.123. The minimum atomic E-state index is -3.79. The number of sulfone groups is 1. The number of anilines is 4. The van der Waals surface area contributed by atoms with Gasteiger partial charge in [-0.25, -0.2) is 18.0 Å². The molecule has 1 heterocycles. The minimum absolute atomic E-state index is 0.00469. The van der Waals surface area contributed by atoms with Crippen LogP contribution in [0.3, 0.4) is 0 Å². The summed E-state index contributed by atoms with van der Waals surface area (Å²) in [6, 6.07) is 10.4. The summed E-state index contributed by atoms with van der Waals surface area (Å²) in [7, 11) is -3.79. The molecule has 3 rings (SSSR count). The van der Waals surface area contributed by atoms with Crippen LogP contribution in [0.5, 0.6) is 0 Å². The van der Waals surface area contributed by atoms with Crippen LogP contribution in [0.2, 0.25) is 0 Å². The summed E-state index contributed by atoms with van der Waals surface area (Å²) in [4.78, 5) is 57.4. The summed E-state index contributed by atoms with van der Waals surface area (Å²) in [5.74, 6) is -6.22. The molecule has 2 atom stereocenters. The second-order valence-electron chi connectivity index (χ2n) is 8.71. The van der Waals surface area contributed by atoms with Crippen molar-refractivity contribution in [3.8, 4) is 0 Å². The zero-order valence-electron chi connectivity index (χ0n) is 21.7. The Hall–Kier alpha value is -5.32. The van der Waals surface area contributed by atoms with Crippen LogP contribution in [0, 0.1) is 0 Å². The van der Waals surface area contributed by atoms with Gasteiger partial charge in [-0.2, -0.15) is 15.0 Å². The van der Waals surface area contributed by atoms with Crippen LogP contribution in [0.15, 0.2) is 64.4 Å². The molecule has 0 unspecified atom stereocenters. The van der Waals surface area contributed by atoms with E-state index in [4.69, 9.17) is 10.2 Å². The van der Waals surface area contributed by atoms with E-state index in [9.17, 15) is 37.8 Å². The summed E-state index contributed by atoms with van der Waals surface area (Å²) < 4.78 is 25.7. The first-order chi connectivity index (χ1) is 19.8. The highest BCUT2D eigenvalue weighted by Gasteiger charge is 2.24. The Labute approximate surface area is 238 Å². The molecule has 0 aliphatic heterocycles. The molecule has 0 aliphatic carbocycles. The molecule has 222 valence electrons. The van der Waals surface area contributed by atoms with Crippen molar-refractivity contribution in [1.82, 2.24) is 15.0 Å². The van der Waals surface area contributed by atoms with Crippen molar-refractivity contribution >= 4 is 57.2 Å². The van der Waals surface area contributed by atoms with Gasteiger partial charge in [0.2, 0.25) is 27.7 Å². The highest BCUT2D eigenvalue weighted by Crippen LogP contribution is 2.24. The van der Waals surface area contributed by atoms with Crippen molar-refractivity contribution in [2.75, 3.05) is 16.0 Å². The zero-order chi connectivity index (χ0) is 30.9. The molecule has 0 fully saturated rings. The number of carbonyl (C=O) groups is 4. The van der Waals surface area contributed by atoms with Gasteiger partial charge in [-0.05, 0) is 49.2 Å². The molecule has 2 aromatic carbocycles. The van der Waals surface area contributed by atoms with E-state index in [1.807, 2.05) is 0 Å². The van der Waals surface area contributed by atoms with E-state index in [1.165, 1.54) is 36.4 Å². The summed E-state index contributed by atoms with van der Waals surface area (Å²) in [6.07, 6.45) is -1.65. The van der Waals surface area contributed by atoms with Crippen molar-refractivity contribution in [2.45, 2.75) is 47.6 Å². The number of carboxylic acid groups (broad SMARTS) is 4. The van der Waals surface area contributed by atoms with Crippen molar-refractivity contribution in [3.63, 3.8) is 0 Å². The molecule has 42 heavy (non-hydrogen) atoms. The van der Waals surface area contributed by atoms with Crippen molar-refractivity contribution < 1.29 is 48.0 Å². The Bertz CT molecular complexity index is 1500. The molecule has 7 N–H and O–H groups in total. The predicted octanol–water partition coefficient (Wildman–Crippen LogP) is 1.91. The molecule has 1 aromatic heterocycles. The van der Waals surface area contributed by atoms with Gasteiger partial charge in [-0.15, -0.1) is 0 Å². The van der Waals surface area contributed by atoms with Gasteiger partial charge < -0.3 is 36.4 Å². The summed E-state index contributed by atoms with van der Waals surface area (Å²) >= 11 is 0. The summed E-state index contributed by atoms with van der Waals surface area (Å²) in [6.45, 7) is 0. The van der Waals surface area contributed by atoms with Gasteiger partial charge in [0.15, 0.2) is 0 Å². The van der Waals surface area contributed by atoms with E-state index in [1.54, 1.807) is 18.2 Å². The van der Waals surface area contributed by atoms with Crippen LogP contribution in [-0.4, -0.2) is 79.8 Å². The first-order valence-corrected chi connectivity index (χ1v) is 13.7. The average molecular weight is 603 g/mol. The normalized spacial score (nSPS) is 12.5. The van der Waals surface area contributed by atoms with Gasteiger partial charge in [-0.1, -0.05) is 18.2 Å². The molecule has 0 saturated heterocycles. The number of benzene rings is 2. The standard InChI is InChI=1S/C25H26N6O10S/c32-19(33)12-10-17(21(36)37)27-24-29-23(30-25(31-24)28-18(22(38)39)11-13-20(34)35)26-14-6-8-16(9-7-14)42(40,41)15-4-2-1-3-5-15/h1-9,17-18H,10-13H2,(H,32,33)(H,34,35)(H,36,37)(H,38,39)(H3,26,27,28,29,30,31)/t17-,18-/m0/s1. The highest BCUT2D eigenvalue weighted by molar-refractivity contribution is 7.91. The summed E-state index contributed by atoms with van der Waals surface area (Å²) in [5.41, 5.74) is 0.298. The third kappa shape index (κ3) is 8.85. The second kappa shape index (κ2) is 13.8. The van der Waals surface area contributed by atoms with E-state index in [-0.39, 0.29) is 40.5 Å². The van der Waals surface area contributed by atoms with Gasteiger partial charge in [0.25, 0.3) is 0 Å². The Morgan fingerprint density at radius 3 is 1.50 bits per heavy atom. The maximum absolute atomic E-state index is 12.9. The number of nitrogens with zero attached hydrogens (tertiary/aromatic N) is 3. The van der Waals surface area contributed by atoms with Crippen molar-refractivity contribution in [2.24, 2.45) is 0 Å². The number of hydrogen-bond donors (Lipinski definition) is 7. The van der Waals surface area contributed by atoms with E-state index in [0.29, 0.717) is 5.69 Å². The molecule has 17 heteroatoms. The number of rotatable bonds is 16. The molecule has 0 radical (unpaired) electrons. The second-order valence-corrected chi connectivity index (χ2v) is 10.7. The molecular formula is C25H26N6O10S. The molecule has 3 aromatic rings. The Morgan fingerprint density at radius 1 is 0.643 bits per heavy atom. The lowest BCUT2D eigenvalue weighted by atomic mass is 10.1. The number of carboxylic acids is 4. The van der Waals surface area contributed by atoms with Crippen molar-refractivity contribution in [3.05, 3.63) is 54.6 Å². The predicted molar refractivity (Wildman–Crippen MR) is 145 cm³/mol. The topological polar surface area (TPSA) is 258 Å². The zero-order valence-corrected chi connectivity index (χ0v) is 22.5. The minimum Gasteiger partial charge on any atom is -0.481 e. The van der Waals surface area contributed by atoms with Gasteiger partial charge in [0.1, 0.15) is 12.1 Å². The Balaban J connectivity index is 1.92. The lowest BCUT2D eigenvalue weighted by molar-refractivity contribution is -0.141. The van der Waals surface area contributed by atoms with Crippen LogP contribution in [0.1, 0.15) is 25.7 Å². The van der Waals surface area contributed by atoms with Crippen molar-refractivity contribution in [1.29, 1.82) is 0 Å². The van der Waals surface area contributed by atoms with Crippen LogP contribution in [0.25, 0.3) is 0 Å². The molecule has 0 bridgehead atoms. The smallest absolute Gasteiger partial charge is 0.326 e. The monoisotopic (exact) mass is 602 g/mol. The van der Waals surface area contributed by atoms with E-state index < -0.39 is 58.6 Å².